The summed E-state index contributed by atoms with van der Waals surface area (Å²) in [6, 6.07) is 2.37. The highest BCUT2D eigenvalue weighted by Gasteiger charge is 2.15. The molecule has 1 aromatic carbocycles. The fourth-order valence-electron chi connectivity index (χ4n) is 1.75. The molecule has 17 heavy (non-hydrogen) atoms. The molecule has 0 aliphatic carbocycles. The predicted molar refractivity (Wildman–Crippen MR) is 61.9 cm³/mol. The molecule has 3 nitrogen and oxygen atoms in total. The van der Waals surface area contributed by atoms with Crippen LogP contribution in [-0.2, 0) is 6.42 Å². The number of nitrogens with two attached hydrogens (primary N) is 1. The minimum absolute atomic E-state index is 0.0333. The van der Waals surface area contributed by atoms with Crippen molar-refractivity contribution in [3.63, 3.8) is 0 Å². The summed E-state index contributed by atoms with van der Waals surface area (Å²) in [6.45, 7) is 1.99. The molecule has 5 heteroatoms. The van der Waals surface area contributed by atoms with E-state index in [0.717, 1.165) is 12.5 Å². The zero-order valence-electron chi connectivity index (χ0n) is 9.45. The summed E-state index contributed by atoms with van der Waals surface area (Å²) in [5, 5.41) is 0. The van der Waals surface area contributed by atoms with Gasteiger partial charge < -0.3 is 5.73 Å². The van der Waals surface area contributed by atoms with E-state index in [1.165, 1.54) is 10.6 Å². The van der Waals surface area contributed by atoms with E-state index in [-0.39, 0.29) is 11.4 Å². The predicted octanol–water partition coefficient (Wildman–Crippen LogP) is 2.69. The maximum absolute atomic E-state index is 13.7. The van der Waals surface area contributed by atoms with Crippen LogP contribution in [0.2, 0.25) is 0 Å². The molecule has 0 atom stereocenters. The number of halogens is 2. The van der Waals surface area contributed by atoms with Gasteiger partial charge in [-0.25, -0.2) is 13.8 Å². The van der Waals surface area contributed by atoms with Crippen molar-refractivity contribution >= 4 is 5.69 Å². The van der Waals surface area contributed by atoms with Gasteiger partial charge in [0.25, 0.3) is 0 Å². The third kappa shape index (κ3) is 2.00. The summed E-state index contributed by atoms with van der Waals surface area (Å²) in [6.07, 6.45) is 4.68. The maximum atomic E-state index is 13.7. The van der Waals surface area contributed by atoms with Crippen molar-refractivity contribution in [2.24, 2.45) is 0 Å². The van der Waals surface area contributed by atoms with Gasteiger partial charge in [-0.3, -0.25) is 4.57 Å². The van der Waals surface area contributed by atoms with Crippen molar-refractivity contribution in [2.45, 2.75) is 19.8 Å². The van der Waals surface area contributed by atoms with E-state index in [4.69, 9.17) is 5.73 Å². The lowest BCUT2D eigenvalue weighted by atomic mass is 10.2. The largest absolute Gasteiger partial charge is 0.397 e. The van der Waals surface area contributed by atoms with Crippen LogP contribution < -0.4 is 5.73 Å². The van der Waals surface area contributed by atoms with E-state index < -0.39 is 11.6 Å². The van der Waals surface area contributed by atoms with E-state index in [9.17, 15) is 8.78 Å². The first kappa shape index (κ1) is 11.6. The van der Waals surface area contributed by atoms with Crippen LogP contribution >= 0.6 is 0 Å². The van der Waals surface area contributed by atoms with Gasteiger partial charge in [0.2, 0.25) is 0 Å². The molecule has 0 aliphatic heterocycles. The molecule has 0 aliphatic rings. The summed E-state index contributed by atoms with van der Waals surface area (Å²) >= 11 is 0. The molecule has 90 valence electrons. The Morgan fingerprint density at radius 3 is 2.82 bits per heavy atom. The van der Waals surface area contributed by atoms with Crippen LogP contribution in [0, 0.1) is 11.6 Å². The zero-order valence-corrected chi connectivity index (χ0v) is 9.45. The van der Waals surface area contributed by atoms with E-state index in [0.29, 0.717) is 12.2 Å². The number of aryl methyl sites for hydroxylation is 1. The van der Waals surface area contributed by atoms with Gasteiger partial charge in [0.15, 0.2) is 11.6 Å². The second-order valence-corrected chi connectivity index (χ2v) is 3.76. The van der Waals surface area contributed by atoms with E-state index >= 15 is 0 Å². The molecule has 0 saturated carbocycles. The summed E-state index contributed by atoms with van der Waals surface area (Å²) in [5.41, 5.74) is 5.92. The number of hydrogen-bond acceptors (Lipinski definition) is 2. The number of imidazole rings is 1. The van der Waals surface area contributed by atoms with Gasteiger partial charge in [0.1, 0.15) is 11.5 Å². The highest BCUT2D eigenvalue weighted by molar-refractivity contribution is 5.59. The van der Waals surface area contributed by atoms with Crippen molar-refractivity contribution in [2.75, 3.05) is 5.73 Å². The first-order valence-corrected chi connectivity index (χ1v) is 5.41. The van der Waals surface area contributed by atoms with Crippen molar-refractivity contribution in [3.8, 4) is 5.69 Å². The molecule has 0 spiro atoms. The van der Waals surface area contributed by atoms with Gasteiger partial charge in [-0.2, -0.15) is 0 Å². The van der Waals surface area contributed by atoms with Gasteiger partial charge >= 0.3 is 0 Å². The molecule has 0 radical (unpaired) electrons. The summed E-state index contributed by atoms with van der Waals surface area (Å²) in [5.74, 6) is -1.19. The zero-order chi connectivity index (χ0) is 12.4. The molecule has 2 N–H and O–H groups in total. The molecule has 0 saturated heterocycles. The van der Waals surface area contributed by atoms with Crippen molar-refractivity contribution in [1.29, 1.82) is 0 Å². The number of nitrogens with zero attached hydrogens (tertiary/aromatic N) is 2. The maximum Gasteiger partial charge on any atom is 0.184 e. The topological polar surface area (TPSA) is 43.8 Å². The molecule has 2 rings (SSSR count). The molecular formula is C12H13F2N3. The monoisotopic (exact) mass is 237 g/mol. The summed E-state index contributed by atoms with van der Waals surface area (Å²) in [4.78, 5) is 4.11. The average molecular weight is 237 g/mol. The Labute approximate surface area is 97.9 Å². The highest BCUT2D eigenvalue weighted by atomic mass is 19.2. The number of nitrogen functional groups attached to an aromatic ring is 1. The number of rotatable bonds is 3. The lowest BCUT2D eigenvalue weighted by Gasteiger charge is -2.11. The Bertz CT molecular complexity index is 535. The van der Waals surface area contributed by atoms with Gasteiger partial charge in [0.05, 0.1) is 5.69 Å². The van der Waals surface area contributed by atoms with Crippen LogP contribution in [0.1, 0.15) is 19.2 Å². The second kappa shape index (κ2) is 4.53. The third-order valence-electron chi connectivity index (χ3n) is 2.53. The number of hydrogen-bond donors (Lipinski definition) is 1. The van der Waals surface area contributed by atoms with E-state index in [1.54, 1.807) is 12.4 Å². The normalized spacial score (nSPS) is 10.8. The molecule has 0 fully saturated rings. The molecule has 2 aromatic rings. The SMILES string of the molecule is CCCc1nccn1-c1c(N)ccc(F)c1F. The summed E-state index contributed by atoms with van der Waals surface area (Å²) < 4.78 is 28.4. The van der Waals surface area contributed by atoms with Crippen LogP contribution in [0.15, 0.2) is 24.5 Å². The molecule has 1 aromatic heterocycles. The lowest BCUT2D eigenvalue weighted by Crippen LogP contribution is -2.07. The first-order chi connectivity index (χ1) is 8.15. The average Bonchev–Trinajstić information content (AvgIpc) is 2.73. The van der Waals surface area contributed by atoms with Gasteiger partial charge in [-0.15, -0.1) is 0 Å². The first-order valence-electron chi connectivity index (χ1n) is 5.41. The quantitative estimate of drug-likeness (QED) is 0.834. The standard InChI is InChI=1S/C12H13F2N3/c1-2-3-10-16-6-7-17(10)12-9(15)5-4-8(13)11(12)14/h4-7H,2-3,15H2,1H3. The molecule has 0 amide bonds. The third-order valence-corrected chi connectivity index (χ3v) is 2.53. The number of benzene rings is 1. The van der Waals surface area contributed by atoms with Gasteiger partial charge in [-0.05, 0) is 18.6 Å². The Morgan fingerprint density at radius 2 is 2.12 bits per heavy atom. The van der Waals surface area contributed by atoms with E-state index in [1.807, 2.05) is 6.92 Å². The Balaban J connectivity index is 2.60. The fourth-order valence-corrected chi connectivity index (χ4v) is 1.75. The number of aromatic nitrogens is 2. The molecule has 1 heterocycles. The van der Waals surface area contributed by atoms with E-state index in [2.05, 4.69) is 4.98 Å². The van der Waals surface area contributed by atoms with Crippen LogP contribution in [0.25, 0.3) is 5.69 Å². The van der Waals surface area contributed by atoms with Crippen molar-refractivity contribution in [1.82, 2.24) is 9.55 Å². The van der Waals surface area contributed by atoms with Crippen LogP contribution in [0.5, 0.6) is 0 Å². The number of anilines is 1. The van der Waals surface area contributed by atoms with Crippen molar-refractivity contribution < 1.29 is 8.78 Å². The second-order valence-electron chi connectivity index (χ2n) is 3.76. The fraction of sp³-hybridized carbons (Fsp3) is 0.250. The molecule has 0 unspecified atom stereocenters. The minimum Gasteiger partial charge on any atom is -0.397 e. The lowest BCUT2D eigenvalue weighted by molar-refractivity contribution is 0.504. The summed E-state index contributed by atoms with van der Waals surface area (Å²) in [7, 11) is 0. The van der Waals surface area contributed by atoms with Gasteiger partial charge in [0, 0.05) is 18.8 Å². The van der Waals surface area contributed by atoms with Crippen molar-refractivity contribution in [3.05, 3.63) is 42.0 Å². The highest BCUT2D eigenvalue weighted by Crippen LogP contribution is 2.24. The smallest absolute Gasteiger partial charge is 0.184 e. The Hall–Kier alpha value is -1.91. The van der Waals surface area contributed by atoms with Crippen LogP contribution in [0.4, 0.5) is 14.5 Å². The van der Waals surface area contributed by atoms with Crippen LogP contribution in [0.3, 0.4) is 0 Å². The molecular weight excluding hydrogens is 224 g/mol. The Kier molecular flexibility index (Phi) is 3.08. The van der Waals surface area contributed by atoms with Gasteiger partial charge in [-0.1, -0.05) is 6.92 Å². The minimum atomic E-state index is -0.944. The Morgan fingerprint density at radius 1 is 1.35 bits per heavy atom. The van der Waals surface area contributed by atoms with Crippen LogP contribution in [-0.4, -0.2) is 9.55 Å². The molecule has 0 bridgehead atoms.